The number of carbonyl (C=O) groups is 2. The molecular formula is C16H22N2O4. The van der Waals surface area contributed by atoms with Crippen molar-refractivity contribution in [2.45, 2.75) is 38.8 Å². The summed E-state index contributed by atoms with van der Waals surface area (Å²) in [5.74, 6) is -0.721. The highest BCUT2D eigenvalue weighted by Gasteiger charge is 2.44. The van der Waals surface area contributed by atoms with Crippen molar-refractivity contribution in [1.29, 1.82) is 0 Å². The van der Waals surface area contributed by atoms with Crippen molar-refractivity contribution >= 4 is 12.1 Å². The second-order valence-corrected chi connectivity index (χ2v) is 6.32. The van der Waals surface area contributed by atoms with Crippen molar-refractivity contribution in [2.24, 2.45) is 5.92 Å². The molecule has 22 heavy (non-hydrogen) atoms. The maximum absolute atomic E-state index is 12.4. The summed E-state index contributed by atoms with van der Waals surface area (Å²) in [4.78, 5) is 30.1. The highest BCUT2D eigenvalue weighted by Crippen LogP contribution is 2.38. The molecule has 1 aromatic rings. The third kappa shape index (κ3) is 3.55. The number of carbonyl (C=O) groups excluding carboxylic acids is 2. The highest BCUT2D eigenvalue weighted by molar-refractivity contribution is 5.77. The number of amides is 1. The van der Waals surface area contributed by atoms with Crippen LogP contribution in [0.15, 0.2) is 24.5 Å². The number of nitrogens with zero attached hydrogens (tertiary/aromatic N) is 2. The van der Waals surface area contributed by atoms with Gasteiger partial charge in [-0.15, -0.1) is 0 Å². The molecule has 1 aliphatic rings. The van der Waals surface area contributed by atoms with Crippen LogP contribution in [0, 0.1) is 5.92 Å². The Labute approximate surface area is 130 Å². The standard InChI is InChI=1S/C16H22N2O4/c1-16(2,3)22-15(20)18-9-7-12(14(19)21-4)13(18)11-6-5-8-17-10-11/h5-6,8,10,12-13H,7,9H2,1-4H3/t12-,13+/m0/s1. The average molecular weight is 306 g/mol. The van der Waals surface area contributed by atoms with Crippen LogP contribution in [-0.4, -0.2) is 41.2 Å². The first-order chi connectivity index (χ1) is 10.3. The minimum Gasteiger partial charge on any atom is -0.469 e. The Hall–Kier alpha value is -2.11. The van der Waals surface area contributed by atoms with Gasteiger partial charge in [0.15, 0.2) is 0 Å². The molecule has 0 unspecified atom stereocenters. The van der Waals surface area contributed by atoms with E-state index in [9.17, 15) is 9.59 Å². The fourth-order valence-corrected chi connectivity index (χ4v) is 2.68. The Morgan fingerprint density at radius 1 is 1.36 bits per heavy atom. The number of ether oxygens (including phenoxy) is 2. The third-order valence-electron chi connectivity index (χ3n) is 3.56. The van der Waals surface area contributed by atoms with Gasteiger partial charge in [-0.25, -0.2) is 4.79 Å². The van der Waals surface area contributed by atoms with Gasteiger partial charge in [0.25, 0.3) is 0 Å². The molecule has 6 nitrogen and oxygen atoms in total. The summed E-state index contributed by atoms with van der Waals surface area (Å²) in [5, 5.41) is 0. The molecule has 0 spiro atoms. The summed E-state index contributed by atoms with van der Waals surface area (Å²) in [6, 6.07) is 3.24. The molecule has 1 amide bonds. The topological polar surface area (TPSA) is 68.7 Å². The van der Waals surface area contributed by atoms with Crippen molar-refractivity contribution in [1.82, 2.24) is 9.88 Å². The summed E-state index contributed by atoms with van der Waals surface area (Å²) < 4.78 is 10.3. The van der Waals surface area contributed by atoms with E-state index in [2.05, 4.69) is 4.98 Å². The first-order valence-electron chi connectivity index (χ1n) is 7.31. The predicted octanol–water partition coefficient (Wildman–Crippen LogP) is 2.55. The molecule has 0 saturated carbocycles. The second kappa shape index (κ2) is 6.34. The Morgan fingerprint density at radius 3 is 2.64 bits per heavy atom. The van der Waals surface area contributed by atoms with E-state index in [-0.39, 0.29) is 5.97 Å². The first kappa shape index (κ1) is 16.3. The molecule has 2 heterocycles. The lowest BCUT2D eigenvalue weighted by atomic mass is 9.95. The minimum atomic E-state index is -0.583. The van der Waals surface area contributed by atoms with Gasteiger partial charge in [-0.05, 0) is 38.8 Å². The van der Waals surface area contributed by atoms with Crippen LogP contribution in [0.4, 0.5) is 4.79 Å². The van der Waals surface area contributed by atoms with E-state index in [4.69, 9.17) is 9.47 Å². The van der Waals surface area contributed by atoms with E-state index in [0.717, 1.165) is 5.56 Å². The lowest BCUT2D eigenvalue weighted by Crippen LogP contribution is -2.38. The highest BCUT2D eigenvalue weighted by atomic mass is 16.6. The summed E-state index contributed by atoms with van der Waals surface area (Å²) >= 11 is 0. The quantitative estimate of drug-likeness (QED) is 0.785. The number of likely N-dealkylation sites (tertiary alicyclic amines) is 1. The van der Waals surface area contributed by atoms with Crippen LogP contribution in [-0.2, 0) is 14.3 Å². The number of pyridine rings is 1. The molecule has 2 rings (SSSR count). The zero-order chi connectivity index (χ0) is 16.3. The maximum Gasteiger partial charge on any atom is 0.410 e. The van der Waals surface area contributed by atoms with Crippen molar-refractivity contribution < 1.29 is 19.1 Å². The SMILES string of the molecule is COC(=O)[C@H]1CCN(C(=O)OC(C)(C)C)[C@@H]1c1cccnc1. The van der Waals surface area contributed by atoms with E-state index in [1.807, 2.05) is 26.8 Å². The summed E-state index contributed by atoms with van der Waals surface area (Å²) in [5.41, 5.74) is 0.223. The maximum atomic E-state index is 12.4. The van der Waals surface area contributed by atoms with Crippen molar-refractivity contribution in [3.63, 3.8) is 0 Å². The monoisotopic (exact) mass is 306 g/mol. The number of rotatable bonds is 2. The van der Waals surface area contributed by atoms with Gasteiger partial charge in [0.1, 0.15) is 5.60 Å². The molecule has 0 bridgehead atoms. The van der Waals surface area contributed by atoms with Gasteiger partial charge in [0, 0.05) is 18.9 Å². The van der Waals surface area contributed by atoms with Gasteiger partial charge in [0.05, 0.1) is 19.1 Å². The van der Waals surface area contributed by atoms with Gasteiger partial charge in [-0.2, -0.15) is 0 Å². The lowest BCUT2D eigenvalue weighted by Gasteiger charge is -2.30. The normalized spacial score (nSPS) is 21.5. The molecule has 0 N–H and O–H groups in total. The van der Waals surface area contributed by atoms with Crippen LogP contribution in [0.2, 0.25) is 0 Å². The molecule has 0 aromatic carbocycles. The van der Waals surface area contributed by atoms with Crippen LogP contribution in [0.1, 0.15) is 38.8 Å². The fourth-order valence-electron chi connectivity index (χ4n) is 2.68. The van der Waals surface area contributed by atoms with Crippen molar-refractivity contribution in [2.75, 3.05) is 13.7 Å². The molecule has 0 radical (unpaired) electrons. The summed E-state index contributed by atoms with van der Waals surface area (Å²) in [7, 11) is 1.36. The molecule has 0 aliphatic carbocycles. The lowest BCUT2D eigenvalue weighted by molar-refractivity contribution is -0.146. The molecular weight excluding hydrogens is 284 g/mol. The van der Waals surface area contributed by atoms with Gasteiger partial charge in [-0.3, -0.25) is 9.78 Å². The Balaban J connectivity index is 2.29. The number of esters is 1. The van der Waals surface area contributed by atoms with Gasteiger partial charge in [-0.1, -0.05) is 6.07 Å². The van der Waals surface area contributed by atoms with E-state index >= 15 is 0 Å². The number of hydrogen-bond donors (Lipinski definition) is 0. The zero-order valence-electron chi connectivity index (χ0n) is 13.4. The molecule has 1 aliphatic heterocycles. The Morgan fingerprint density at radius 2 is 2.09 bits per heavy atom. The van der Waals surface area contributed by atoms with Crippen molar-refractivity contribution in [3.8, 4) is 0 Å². The molecule has 1 aromatic heterocycles. The van der Waals surface area contributed by atoms with E-state index in [1.54, 1.807) is 23.4 Å². The van der Waals surface area contributed by atoms with Crippen molar-refractivity contribution in [3.05, 3.63) is 30.1 Å². The van der Waals surface area contributed by atoms with Gasteiger partial charge >= 0.3 is 12.1 Å². The Kier molecular flexibility index (Phi) is 4.68. The number of aromatic nitrogens is 1. The number of methoxy groups -OCH3 is 1. The smallest absolute Gasteiger partial charge is 0.410 e. The van der Waals surface area contributed by atoms with Gasteiger partial charge in [0.2, 0.25) is 0 Å². The van der Waals surface area contributed by atoms with Crippen LogP contribution in [0.5, 0.6) is 0 Å². The predicted molar refractivity (Wildman–Crippen MR) is 80.0 cm³/mol. The van der Waals surface area contributed by atoms with E-state index in [1.165, 1.54) is 7.11 Å². The minimum absolute atomic E-state index is 0.320. The fraction of sp³-hybridized carbons (Fsp3) is 0.562. The molecule has 1 saturated heterocycles. The molecule has 1 fully saturated rings. The van der Waals surface area contributed by atoms with E-state index in [0.29, 0.717) is 13.0 Å². The van der Waals surface area contributed by atoms with Gasteiger partial charge < -0.3 is 14.4 Å². The van der Waals surface area contributed by atoms with Crippen LogP contribution >= 0.6 is 0 Å². The van der Waals surface area contributed by atoms with Crippen LogP contribution in [0.25, 0.3) is 0 Å². The van der Waals surface area contributed by atoms with E-state index < -0.39 is 23.7 Å². The third-order valence-corrected chi connectivity index (χ3v) is 3.56. The summed E-state index contributed by atoms with van der Waals surface area (Å²) in [6.07, 6.45) is 3.45. The van der Waals surface area contributed by atoms with Crippen LogP contribution < -0.4 is 0 Å². The summed E-state index contributed by atoms with van der Waals surface area (Å²) in [6.45, 7) is 5.90. The van der Waals surface area contributed by atoms with Crippen LogP contribution in [0.3, 0.4) is 0 Å². The largest absolute Gasteiger partial charge is 0.469 e. The zero-order valence-corrected chi connectivity index (χ0v) is 13.4. The Bertz CT molecular complexity index is 539. The molecule has 6 heteroatoms. The molecule has 2 atom stereocenters. The molecule has 120 valence electrons. The first-order valence-corrected chi connectivity index (χ1v) is 7.31. The average Bonchev–Trinajstić information content (AvgIpc) is 2.90. The second-order valence-electron chi connectivity index (χ2n) is 6.32. The number of hydrogen-bond acceptors (Lipinski definition) is 5.